The minimum Gasteiger partial charge on any atom is -0.383 e. The lowest BCUT2D eigenvalue weighted by Gasteiger charge is -2.18. The number of anilines is 4. The quantitative estimate of drug-likeness (QED) is 0.0792. The first-order valence-electron chi connectivity index (χ1n) is 26.7. The van der Waals surface area contributed by atoms with E-state index in [0.717, 1.165) is 45.9 Å². The van der Waals surface area contributed by atoms with E-state index in [-0.39, 0.29) is 58.7 Å². The van der Waals surface area contributed by atoms with Gasteiger partial charge in [-0.25, -0.2) is 38.3 Å². The molecule has 12 rings (SSSR count). The molecule has 6 heterocycles. The molecule has 0 aliphatic heterocycles. The van der Waals surface area contributed by atoms with E-state index in [2.05, 4.69) is 29.9 Å². The minimum absolute atomic E-state index is 0.166. The van der Waals surface area contributed by atoms with Crippen LogP contribution in [-0.2, 0) is 39.0 Å². The number of H-pyrrole nitrogens is 2. The first-order chi connectivity index (χ1) is 39.6. The number of carbonyl (C=O) groups excluding carboxylic acids is 2. The molecule has 0 spiro atoms. The molecule has 2 amide bonds. The summed E-state index contributed by atoms with van der Waals surface area (Å²) < 4.78 is 33.9. The van der Waals surface area contributed by atoms with E-state index < -0.39 is 34.1 Å². The highest BCUT2D eigenvalue weighted by atomic mass is 19.1. The number of imidazole rings is 2. The first kappa shape index (κ1) is 53.9. The molecule has 0 bridgehead atoms. The van der Waals surface area contributed by atoms with Crippen molar-refractivity contribution in [3.05, 3.63) is 232 Å². The number of carbonyl (C=O) groups is 2. The number of nitrogens with one attached hydrogen (secondary N) is 2. The maximum atomic E-state index is 14.4. The van der Waals surface area contributed by atoms with Crippen LogP contribution in [0.5, 0.6) is 0 Å². The summed E-state index contributed by atoms with van der Waals surface area (Å²) in [6.45, 7) is 0.566. The van der Waals surface area contributed by atoms with Crippen LogP contribution >= 0.6 is 0 Å². The molecule has 2 aliphatic carbocycles. The number of fused-ring (bicyclic) bond motifs is 2. The molecule has 6 aromatic heterocycles. The molecule has 4 aromatic carbocycles. The molecular formula is C60H56F2N14O6. The Balaban J connectivity index is 0.000000172. The number of benzene rings is 4. The van der Waals surface area contributed by atoms with Gasteiger partial charge in [-0.1, -0.05) is 60.7 Å². The van der Waals surface area contributed by atoms with Gasteiger partial charge in [-0.3, -0.25) is 37.4 Å². The zero-order valence-corrected chi connectivity index (χ0v) is 44.8. The van der Waals surface area contributed by atoms with Gasteiger partial charge in [-0.05, 0) is 109 Å². The van der Waals surface area contributed by atoms with Crippen molar-refractivity contribution in [1.82, 2.24) is 48.2 Å². The summed E-state index contributed by atoms with van der Waals surface area (Å²) in [7, 11) is 3.32. The Morgan fingerprint density at radius 3 is 1.27 bits per heavy atom. The highest BCUT2D eigenvalue weighted by Crippen LogP contribution is 2.32. The fourth-order valence-corrected chi connectivity index (χ4v) is 9.77. The molecule has 2 fully saturated rings. The highest BCUT2D eigenvalue weighted by molar-refractivity contribution is 6.09. The van der Waals surface area contributed by atoms with Crippen molar-refractivity contribution >= 4 is 57.2 Å². The van der Waals surface area contributed by atoms with E-state index in [4.69, 9.17) is 11.5 Å². The zero-order valence-electron chi connectivity index (χ0n) is 44.8. The van der Waals surface area contributed by atoms with Gasteiger partial charge in [0.15, 0.2) is 11.3 Å². The van der Waals surface area contributed by atoms with Crippen molar-refractivity contribution < 1.29 is 18.4 Å². The highest BCUT2D eigenvalue weighted by Gasteiger charge is 2.28. The first-order valence-corrected chi connectivity index (χ1v) is 26.7. The molecule has 0 saturated heterocycles. The van der Waals surface area contributed by atoms with Gasteiger partial charge in [-0.2, -0.15) is 0 Å². The van der Waals surface area contributed by atoms with Crippen molar-refractivity contribution in [1.29, 1.82) is 0 Å². The van der Waals surface area contributed by atoms with Crippen molar-refractivity contribution in [3.8, 4) is 0 Å². The number of halogens is 2. The minimum atomic E-state index is -0.538. The normalized spacial score (nSPS) is 13.0. The van der Waals surface area contributed by atoms with Gasteiger partial charge in [0.05, 0.1) is 24.2 Å². The molecule has 20 nitrogen and oxygen atoms in total. The van der Waals surface area contributed by atoms with E-state index in [9.17, 15) is 37.5 Å². The van der Waals surface area contributed by atoms with E-state index in [1.807, 2.05) is 48.5 Å². The van der Waals surface area contributed by atoms with Crippen molar-refractivity contribution in [3.63, 3.8) is 0 Å². The van der Waals surface area contributed by atoms with Crippen molar-refractivity contribution in [2.24, 2.45) is 11.8 Å². The Hall–Kier alpha value is -10.1. The fraction of sp³-hybridized carbons (Fsp3) is 0.233. The maximum Gasteiger partial charge on any atom is 0.333 e. The number of hydrogen-bond acceptors (Lipinski definition) is 12. The summed E-state index contributed by atoms with van der Waals surface area (Å²) in [6.07, 6.45) is 7.83. The Bertz CT molecular complexity index is 4050. The van der Waals surface area contributed by atoms with Crippen molar-refractivity contribution in [2.75, 3.05) is 35.4 Å². The summed E-state index contributed by atoms with van der Waals surface area (Å²) in [5, 5.41) is 0. The third-order valence-corrected chi connectivity index (χ3v) is 14.8. The van der Waals surface area contributed by atoms with Gasteiger partial charge in [0.2, 0.25) is 0 Å². The van der Waals surface area contributed by atoms with Crippen LogP contribution in [0, 0.1) is 23.5 Å². The average Bonchev–Trinajstić information content (AvgIpc) is 4.57. The van der Waals surface area contributed by atoms with Crippen molar-refractivity contribution in [2.45, 2.75) is 64.7 Å². The molecule has 6 N–H and O–H groups in total. The predicted molar refractivity (Wildman–Crippen MR) is 307 cm³/mol. The number of rotatable bonds is 16. The summed E-state index contributed by atoms with van der Waals surface area (Å²) in [4.78, 5) is 106. The summed E-state index contributed by atoms with van der Waals surface area (Å²) >= 11 is 0. The Morgan fingerprint density at radius 2 is 0.915 bits per heavy atom. The van der Waals surface area contributed by atoms with Crippen LogP contribution < -0.4 is 43.8 Å². The molecule has 10 aromatic rings. The maximum absolute atomic E-state index is 14.4. The number of aromatic amines is 2. The lowest BCUT2D eigenvalue weighted by molar-refractivity contribution is 0.0985. The topological polar surface area (TPSA) is 264 Å². The summed E-state index contributed by atoms with van der Waals surface area (Å²) in [6, 6.07) is 33.5. The lowest BCUT2D eigenvalue weighted by atomic mass is 10.1. The molecule has 2 saturated carbocycles. The number of nitrogens with zero attached hydrogens (tertiary/aromatic N) is 10. The summed E-state index contributed by atoms with van der Waals surface area (Å²) in [5.41, 5.74) is 15.0. The third kappa shape index (κ3) is 11.2. The standard InChI is InChI=1S/2C30H28FN7O3/c2*1-36(28(39)22-6-4-14-33-26(22)32)21-12-10-18(11-13-21)15-24-34-25-27(35-24)37(16-19-8-9-19)30(41)38(29(25)40)17-20-5-2-3-7-23(20)31/h2*2-7,10-14,19H,8-9,15-17H2,1H3,(H2,32,33)(H,34,35). The number of pyridine rings is 2. The Labute approximate surface area is 466 Å². The molecule has 22 heteroatoms. The predicted octanol–water partition coefficient (Wildman–Crippen LogP) is 6.66. The zero-order chi connectivity index (χ0) is 57.3. The van der Waals surface area contributed by atoms with Gasteiger partial charge < -0.3 is 31.2 Å². The van der Waals surface area contributed by atoms with Gasteiger partial charge in [-0.15, -0.1) is 0 Å². The molecule has 2 aliphatic rings. The van der Waals surface area contributed by atoms with E-state index >= 15 is 0 Å². The molecule has 0 atom stereocenters. The van der Waals surface area contributed by atoms with Gasteiger partial charge >= 0.3 is 11.4 Å². The Kier molecular flexibility index (Phi) is 14.8. The molecular weight excluding hydrogens is 1050 g/mol. The Morgan fingerprint density at radius 1 is 0.537 bits per heavy atom. The van der Waals surface area contributed by atoms with Crippen LogP contribution in [0.4, 0.5) is 31.8 Å². The summed E-state index contributed by atoms with van der Waals surface area (Å²) in [5.74, 6) is 0.569. The smallest absolute Gasteiger partial charge is 0.333 e. The fourth-order valence-electron chi connectivity index (χ4n) is 9.77. The number of aromatic nitrogens is 10. The van der Waals surface area contributed by atoms with Gasteiger partial charge in [0.1, 0.15) is 46.0 Å². The van der Waals surface area contributed by atoms with Gasteiger partial charge in [0, 0.05) is 74.9 Å². The van der Waals surface area contributed by atoms with Crippen LogP contribution in [-0.4, -0.2) is 74.1 Å². The van der Waals surface area contributed by atoms with Crippen LogP contribution in [0.15, 0.2) is 153 Å². The average molecular weight is 1110 g/mol. The molecule has 82 heavy (non-hydrogen) atoms. The number of nitrogen functional groups attached to an aromatic ring is 2. The lowest BCUT2D eigenvalue weighted by Crippen LogP contribution is -2.40. The van der Waals surface area contributed by atoms with Crippen LogP contribution in [0.1, 0.15) is 80.3 Å². The van der Waals surface area contributed by atoms with E-state index in [1.165, 1.54) is 43.5 Å². The monoisotopic (exact) mass is 1110 g/mol. The SMILES string of the molecule is CN(C(=O)c1cccnc1N)c1ccc(Cc2nc3c([nH]2)c(=O)n(Cc2ccccc2F)c(=O)n3CC2CC2)cc1.CN(C(=O)c1cccnc1N)c1ccc(Cc2nc3c([nH]2)c(=O)n(Cc2ccccc2F)c(=O)n3CC2CC2)cc1. The second-order valence-electron chi connectivity index (χ2n) is 20.7. The number of nitrogens with two attached hydrogens (primary N) is 2. The third-order valence-electron chi connectivity index (χ3n) is 14.8. The van der Waals surface area contributed by atoms with E-state index in [0.29, 0.717) is 83.2 Å². The van der Waals surface area contributed by atoms with E-state index in [1.54, 1.807) is 74.8 Å². The molecule has 416 valence electrons. The van der Waals surface area contributed by atoms with Crippen LogP contribution in [0.2, 0.25) is 0 Å². The second-order valence-corrected chi connectivity index (χ2v) is 20.7. The number of amides is 2. The largest absolute Gasteiger partial charge is 0.383 e. The van der Waals surface area contributed by atoms with Crippen LogP contribution in [0.3, 0.4) is 0 Å². The van der Waals surface area contributed by atoms with Crippen LogP contribution in [0.25, 0.3) is 22.3 Å². The molecule has 0 unspecified atom stereocenters. The molecule has 0 radical (unpaired) electrons. The number of hydrogen-bond donors (Lipinski definition) is 4. The second kappa shape index (κ2) is 22.6. The van der Waals surface area contributed by atoms with Gasteiger partial charge in [0.25, 0.3) is 22.9 Å².